The molecule has 6 nitrogen and oxygen atoms in total. The van der Waals surface area contributed by atoms with E-state index in [0.717, 1.165) is 22.8 Å². The van der Waals surface area contributed by atoms with Gasteiger partial charge in [-0.25, -0.2) is 13.1 Å². The monoisotopic (exact) mass is 530 g/mol. The van der Waals surface area contributed by atoms with Crippen molar-refractivity contribution < 1.29 is 8.42 Å². The molecule has 1 aliphatic rings. The Kier molecular flexibility index (Phi) is 7.35. The molecule has 1 aromatic carbocycles. The molecule has 0 radical (unpaired) electrons. The molecule has 0 saturated heterocycles. The minimum Gasteiger partial charge on any atom is -0.305 e. The van der Waals surface area contributed by atoms with Crippen molar-refractivity contribution in [2.45, 2.75) is 55.2 Å². The number of hydrogen-bond donors (Lipinski definition) is 2. The fourth-order valence-corrected chi connectivity index (χ4v) is 4.94. The van der Waals surface area contributed by atoms with Crippen molar-refractivity contribution >= 4 is 45.2 Å². The van der Waals surface area contributed by atoms with Gasteiger partial charge in [-0.3, -0.25) is 0 Å². The van der Waals surface area contributed by atoms with E-state index >= 15 is 0 Å². The molecular weight excluding hydrogens is 507 g/mol. The quantitative estimate of drug-likeness (QED) is 0.395. The second kappa shape index (κ2) is 9.55. The Labute approximate surface area is 185 Å². The van der Waals surface area contributed by atoms with Gasteiger partial charge in [0.25, 0.3) is 0 Å². The Hall–Kier alpha value is -1.17. The van der Waals surface area contributed by atoms with E-state index in [1.807, 2.05) is 10.6 Å². The van der Waals surface area contributed by atoms with Crippen LogP contribution in [-0.2, 0) is 16.6 Å². The standard InChI is InChI=1S/C19H23IN4O2S2/c1-2-12-24-18(21-22-19(24)27)17(13-14-6-4-3-5-7-14)23-28(25,26)16-10-8-15(20)9-11-16/h3-4,6,8-11,17,23H,2,5,7,12-13H2,1H3,(H,22,27)/t17-/m1/s1. The minimum atomic E-state index is -3.70. The third-order valence-corrected chi connectivity index (χ3v) is 7.04. The number of allylic oxidation sites excluding steroid dienone is 3. The smallest absolute Gasteiger partial charge is 0.241 e. The Morgan fingerprint density at radius 2 is 2.04 bits per heavy atom. The highest BCUT2D eigenvalue weighted by Gasteiger charge is 2.27. The molecule has 9 heteroatoms. The summed E-state index contributed by atoms with van der Waals surface area (Å²) in [7, 11) is -3.70. The summed E-state index contributed by atoms with van der Waals surface area (Å²) >= 11 is 6.54. The van der Waals surface area contributed by atoms with Gasteiger partial charge in [0.1, 0.15) is 0 Å². The molecule has 0 bridgehead atoms. The fraction of sp³-hybridized carbons (Fsp3) is 0.368. The third-order valence-electron chi connectivity index (χ3n) is 4.51. The van der Waals surface area contributed by atoms with Crippen molar-refractivity contribution in [3.63, 3.8) is 0 Å². The van der Waals surface area contributed by atoms with E-state index in [2.05, 4.69) is 69.2 Å². The highest BCUT2D eigenvalue weighted by Crippen LogP contribution is 2.28. The summed E-state index contributed by atoms with van der Waals surface area (Å²) in [4.78, 5) is 0.239. The number of hydrogen-bond acceptors (Lipinski definition) is 5. The zero-order chi connectivity index (χ0) is 20.1. The number of aromatic nitrogens is 3. The maximum absolute atomic E-state index is 13.0. The molecule has 1 heterocycles. The lowest BCUT2D eigenvalue weighted by Gasteiger charge is -2.21. The average molecular weight is 530 g/mol. The highest BCUT2D eigenvalue weighted by atomic mass is 127. The van der Waals surface area contributed by atoms with E-state index in [4.69, 9.17) is 0 Å². The first-order valence-electron chi connectivity index (χ1n) is 9.15. The first-order chi connectivity index (χ1) is 13.4. The topological polar surface area (TPSA) is 76.9 Å². The minimum absolute atomic E-state index is 0.239. The highest BCUT2D eigenvalue weighted by molar-refractivity contribution is 14.1. The van der Waals surface area contributed by atoms with Gasteiger partial charge in [0, 0.05) is 10.1 Å². The number of halogens is 1. The second-order valence-electron chi connectivity index (χ2n) is 6.63. The molecule has 0 unspecified atom stereocenters. The number of nitrogens with zero attached hydrogens (tertiary/aromatic N) is 3. The van der Waals surface area contributed by atoms with Crippen LogP contribution in [0.3, 0.4) is 0 Å². The Morgan fingerprint density at radius 1 is 1.29 bits per heavy atom. The lowest BCUT2D eigenvalue weighted by molar-refractivity contribution is 0.502. The van der Waals surface area contributed by atoms with Gasteiger partial charge in [0.15, 0.2) is 11.0 Å². The van der Waals surface area contributed by atoms with Crippen LogP contribution in [0.1, 0.15) is 44.5 Å². The van der Waals surface area contributed by atoms with E-state index in [1.165, 1.54) is 5.57 Å². The lowest BCUT2D eigenvalue weighted by Crippen LogP contribution is -2.31. The first kappa shape index (κ1) is 21.5. The predicted molar refractivity (Wildman–Crippen MR) is 121 cm³/mol. The van der Waals surface area contributed by atoms with E-state index < -0.39 is 16.1 Å². The summed E-state index contributed by atoms with van der Waals surface area (Å²) < 4.78 is 31.8. The van der Waals surface area contributed by atoms with Crippen molar-refractivity contribution in [1.82, 2.24) is 19.5 Å². The Bertz CT molecular complexity index is 982. The van der Waals surface area contributed by atoms with Crippen molar-refractivity contribution in [3.8, 4) is 0 Å². The number of thiol groups is 1. The summed E-state index contributed by atoms with van der Waals surface area (Å²) in [6.45, 7) is 2.73. The van der Waals surface area contributed by atoms with Crippen LogP contribution < -0.4 is 4.72 Å². The van der Waals surface area contributed by atoms with Gasteiger partial charge in [0.05, 0.1) is 10.9 Å². The lowest BCUT2D eigenvalue weighted by atomic mass is 9.98. The van der Waals surface area contributed by atoms with Gasteiger partial charge in [-0.2, -0.15) is 0 Å². The van der Waals surface area contributed by atoms with Gasteiger partial charge in [-0.05, 0) is 72.5 Å². The maximum Gasteiger partial charge on any atom is 0.241 e. The van der Waals surface area contributed by atoms with Crippen LogP contribution in [0.4, 0.5) is 0 Å². The van der Waals surface area contributed by atoms with Crippen LogP contribution in [0, 0.1) is 3.57 Å². The van der Waals surface area contributed by atoms with Crippen LogP contribution >= 0.6 is 35.2 Å². The van der Waals surface area contributed by atoms with Crippen molar-refractivity contribution in [2.75, 3.05) is 0 Å². The maximum atomic E-state index is 13.0. The van der Waals surface area contributed by atoms with Gasteiger partial charge in [-0.1, -0.05) is 30.7 Å². The zero-order valence-corrected chi connectivity index (χ0v) is 19.4. The van der Waals surface area contributed by atoms with Crippen LogP contribution in [0.25, 0.3) is 0 Å². The molecule has 150 valence electrons. The van der Waals surface area contributed by atoms with E-state index in [9.17, 15) is 8.42 Å². The van der Waals surface area contributed by atoms with E-state index in [0.29, 0.717) is 23.9 Å². The molecule has 0 amide bonds. The first-order valence-corrected chi connectivity index (χ1v) is 12.2. The summed E-state index contributed by atoms with van der Waals surface area (Å²) in [6, 6.07) is 6.28. The van der Waals surface area contributed by atoms with Crippen molar-refractivity contribution in [3.05, 3.63) is 57.5 Å². The van der Waals surface area contributed by atoms with Gasteiger partial charge >= 0.3 is 0 Å². The number of rotatable bonds is 8. The molecule has 3 rings (SSSR count). The third kappa shape index (κ3) is 5.25. The summed E-state index contributed by atoms with van der Waals surface area (Å²) in [5.41, 5.74) is 1.18. The van der Waals surface area contributed by atoms with Crippen molar-refractivity contribution in [1.29, 1.82) is 0 Å². The molecule has 1 N–H and O–H groups in total. The van der Waals surface area contributed by atoms with E-state index in [-0.39, 0.29) is 4.90 Å². The molecule has 0 spiro atoms. The summed E-state index contributed by atoms with van der Waals surface area (Å²) in [5, 5.41) is 8.82. The van der Waals surface area contributed by atoms with Gasteiger partial charge in [0.2, 0.25) is 10.0 Å². The van der Waals surface area contributed by atoms with Crippen LogP contribution in [0.15, 0.2) is 58.1 Å². The largest absolute Gasteiger partial charge is 0.305 e. The summed E-state index contributed by atoms with van der Waals surface area (Å²) in [6.07, 6.45) is 9.47. The molecule has 28 heavy (non-hydrogen) atoms. The normalized spacial score (nSPS) is 15.5. The Morgan fingerprint density at radius 3 is 2.68 bits per heavy atom. The fourth-order valence-electron chi connectivity index (χ4n) is 3.14. The molecule has 1 aromatic heterocycles. The number of nitrogens with one attached hydrogen (secondary N) is 1. The SMILES string of the molecule is CCCn1c(S)nnc1[C@@H](CC1=CC=CCC1)NS(=O)(=O)c1ccc(I)cc1. The van der Waals surface area contributed by atoms with Crippen LogP contribution in [-0.4, -0.2) is 23.2 Å². The van der Waals surface area contributed by atoms with Crippen LogP contribution in [0.2, 0.25) is 0 Å². The molecule has 1 aliphatic carbocycles. The molecule has 0 saturated carbocycles. The zero-order valence-electron chi connectivity index (χ0n) is 15.5. The van der Waals surface area contributed by atoms with E-state index in [1.54, 1.807) is 24.3 Å². The average Bonchev–Trinajstić information content (AvgIpc) is 3.03. The van der Waals surface area contributed by atoms with Crippen molar-refractivity contribution in [2.24, 2.45) is 0 Å². The predicted octanol–water partition coefficient (Wildman–Crippen LogP) is 4.27. The number of benzene rings is 1. The summed E-state index contributed by atoms with van der Waals surface area (Å²) in [5.74, 6) is 0.594. The van der Waals surface area contributed by atoms with Crippen LogP contribution in [0.5, 0.6) is 0 Å². The molecule has 0 aliphatic heterocycles. The molecular formula is C19H23IN4O2S2. The van der Waals surface area contributed by atoms with Gasteiger partial charge in [-0.15, -0.1) is 22.8 Å². The second-order valence-corrected chi connectivity index (χ2v) is 9.99. The Balaban J connectivity index is 1.95. The molecule has 2 aromatic rings. The molecule has 0 fully saturated rings. The van der Waals surface area contributed by atoms with Gasteiger partial charge < -0.3 is 4.57 Å². The molecule has 1 atom stereocenters. The number of sulfonamides is 1.